The Morgan fingerprint density at radius 2 is 1.70 bits per heavy atom. The fourth-order valence-electron chi connectivity index (χ4n) is 2.28. The standard InChI is InChI=1S/C17H19Cl2N/c1-11-4-5-13(8-12(11)2)9-17(20-3)14-6-7-15(18)16(19)10-14/h4-8,10,17,20H,9H2,1-3H3. The Morgan fingerprint density at radius 1 is 0.950 bits per heavy atom. The van der Waals surface area contributed by atoms with E-state index < -0.39 is 0 Å². The summed E-state index contributed by atoms with van der Waals surface area (Å²) in [6.45, 7) is 4.28. The van der Waals surface area contributed by atoms with Crippen molar-refractivity contribution in [2.45, 2.75) is 26.3 Å². The zero-order valence-corrected chi connectivity index (χ0v) is 13.5. The third-order valence-corrected chi connectivity index (χ3v) is 4.44. The van der Waals surface area contributed by atoms with Gasteiger partial charge in [-0.25, -0.2) is 0 Å². The van der Waals surface area contributed by atoms with Crippen molar-refractivity contribution in [2.75, 3.05) is 7.05 Å². The predicted molar refractivity (Wildman–Crippen MR) is 87.9 cm³/mol. The first kappa shape index (κ1) is 15.4. The zero-order chi connectivity index (χ0) is 14.7. The fourth-order valence-corrected chi connectivity index (χ4v) is 2.59. The molecule has 1 atom stereocenters. The van der Waals surface area contributed by atoms with Gasteiger partial charge in [-0.05, 0) is 61.7 Å². The summed E-state index contributed by atoms with van der Waals surface area (Å²) in [5.41, 5.74) is 5.12. The Labute approximate surface area is 130 Å². The van der Waals surface area contributed by atoms with Crippen LogP contribution in [0.5, 0.6) is 0 Å². The molecule has 0 amide bonds. The van der Waals surface area contributed by atoms with Gasteiger partial charge in [0.05, 0.1) is 10.0 Å². The molecule has 20 heavy (non-hydrogen) atoms. The first-order valence-corrected chi connectivity index (χ1v) is 7.45. The average Bonchev–Trinajstić information content (AvgIpc) is 2.43. The molecule has 3 heteroatoms. The topological polar surface area (TPSA) is 12.0 Å². The number of benzene rings is 2. The Morgan fingerprint density at radius 3 is 2.30 bits per heavy atom. The van der Waals surface area contributed by atoms with Gasteiger partial charge in [0, 0.05) is 6.04 Å². The van der Waals surface area contributed by atoms with Crippen molar-refractivity contribution in [1.29, 1.82) is 0 Å². The minimum atomic E-state index is 0.229. The first-order chi connectivity index (χ1) is 9.51. The van der Waals surface area contributed by atoms with Gasteiger partial charge in [-0.15, -0.1) is 0 Å². The first-order valence-electron chi connectivity index (χ1n) is 6.69. The lowest BCUT2D eigenvalue weighted by Gasteiger charge is -2.18. The molecule has 0 saturated heterocycles. The Balaban J connectivity index is 2.23. The normalized spacial score (nSPS) is 12.4. The van der Waals surface area contributed by atoms with E-state index in [9.17, 15) is 0 Å². The van der Waals surface area contributed by atoms with Gasteiger partial charge in [-0.2, -0.15) is 0 Å². The minimum Gasteiger partial charge on any atom is -0.313 e. The second-order valence-electron chi connectivity index (χ2n) is 5.14. The lowest BCUT2D eigenvalue weighted by molar-refractivity contribution is 0.592. The molecule has 2 aromatic carbocycles. The third kappa shape index (κ3) is 3.54. The van der Waals surface area contributed by atoms with Gasteiger partial charge in [0.2, 0.25) is 0 Å². The summed E-state index contributed by atoms with van der Waals surface area (Å²) < 4.78 is 0. The fraction of sp³-hybridized carbons (Fsp3) is 0.294. The van der Waals surface area contributed by atoms with Crippen LogP contribution in [-0.4, -0.2) is 7.05 Å². The molecule has 106 valence electrons. The number of halogens is 2. The van der Waals surface area contributed by atoms with E-state index in [1.807, 2.05) is 25.2 Å². The minimum absolute atomic E-state index is 0.229. The highest BCUT2D eigenvalue weighted by Crippen LogP contribution is 2.27. The summed E-state index contributed by atoms with van der Waals surface area (Å²) in [4.78, 5) is 0. The smallest absolute Gasteiger partial charge is 0.0595 e. The van der Waals surface area contributed by atoms with Gasteiger partial charge in [0.1, 0.15) is 0 Å². The van der Waals surface area contributed by atoms with Gasteiger partial charge >= 0.3 is 0 Å². The summed E-state index contributed by atoms with van der Waals surface area (Å²) in [5, 5.41) is 4.54. The molecule has 2 rings (SSSR count). The maximum absolute atomic E-state index is 6.10. The van der Waals surface area contributed by atoms with E-state index >= 15 is 0 Å². The molecule has 1 nitrogen and oxygen atoms in total. The molecule has 0 bridgehead atoms. The predicted octanol–water partition coefficient (Wildman–Crippen LogP) is 5.11. The van der Waals surface area contributed by atoms with Crippen molar-refractivity contribution in [3.05, 3.63) is 68.7 Å². The lowest BCUT2D eigenvalue weighted by Crippen LogP contribution is -2.18. The van der Waals surface area contributed by atoms with Gasteiger partial charge in [0.15, 0.2) is 0 Å². The van der Waals surface area contributed by atoms with Gasteiger partial charge < -0.3 is 5.32 Å². The van der Waals surface area contributed by atoms with Gasteiger partial charge in [-0.3, -0.25) is 0 Å². The molecular formula is C17H19Cl2N. The monoisotopic (exact) mass is 307 g/mol. The Hall–Kier alpha value is -1.02. The molecule has 0 aliphatic carbocycles. The molecule has 2 aromatic rings. The van der Waals surface area contributed by atoms with Crippen molar-refractivity contribution in [1.82, 2.24) is 5.32 Å². The molecule has 0 aliphatic rings. The summed E-state index contributed by atoms with van der Waals surface area (Å²) in [5.74, 6) is 0. The second-order valence-corrected chi connectivity index (χ2v) is 5.95. The molecular weight excluding hydrogens is 289 g/mol. The van der Waals surface area contributed by atoms with E-state index in [4.69, 9.17) is 23.2 Å². The van der Waals surface area contributed by atoms with E-state index in [1.165, 1.54) is 16.7 Å². The number of likely N-dealkylation sites (N-methyl/N-ethyl adjacent to an activating group) is 1. The van der Waals surface area contributed by atoms with Crippen LogP contribution in [0.3, 0.4) is 0 Å². The molecule has 0 saturated carbocycles. The van der Waals surface area contributed by atoms with E-state index in [2.05, 4.69) is 37.4 Å². The number of hydrogen-bond acceptors (Lipinski definition) is 1. The van der Waals surface area contributed by atoms with Crippen LogP contribution in [0.4, 0.5) is 0 Å². The number of hydrogen-bond donors (Lipinski definition) is 1. The van der Waals surface area contributed by atoms with Crippen LogP contribution < -0.4 is 5.32 Å². The van der Waals surface area contributed by atoms with Crippen LogP contribution in [0, 0.1) is 13.8 Å². The van der Waals surface area contributed by atoms with Crippen LogP contribution >= 0.6 is 23.2 Å². The van der Waals surface area contributed by atoms with E-state index in [-0.39, 0.29) is 6.04 Å². The summed E-state index contributed by atoms with van der Waals surface area (Å²) in [7, 11) is 1.97. The highest BCUT2D eigenvalue weighted by molar-refractivity contribution is 6.42. The van der Waals surface area contributed by atoms with Crippen molar-refractivity contribution >= 4 is 23.2 Å². The Kier molecular flexibility index (Phi) is 5.09. The van der Waals surface area contributed by atoms with Gasteiger partial charge in [-0.1, -0.05) is 47.5 Å². The van der Waals surface area contributed by atoms with E-state index in [0.29, 0.717) is 10.0 Å². The van der Waals surface area contributed by atoms with Crippen LogP contribution in [0.15, 0.2) is 36.4 Å². The van der Waals surface area contributed by atoms with E-state index in [1.54, 1.807) is 0 Å². The number of rotatable bonds is 4. The van der Waals surface area contributed by atoms with E-state index in [0.717, 1.165) is 12.0 Å². The molecule has 0 aromatic heterocycles. The van der Waals surface area contributed by atoms with Crippen molar-refractivity contribution in [2.24, 2.45) is 0 Å². The number of aryl methyl sites for hydroxylation is 2. The highest BCUT2D eigenvalue weighted by atomic mass is 35.5. The second kappa shape index (κ2) is 6.62. The average molecular weight is 308 g/mol. The van der Waals surface area contributed by atoms with Crippen molar-refractivity contribution in [3.8, 4) is 0 Å². The van der Waals surface area contributed by atoms with Gasteiger partial charge in [0.25, 0.3) is 0 Å². The highest BCUT2D eigenvalue weighted by Gasteiger charge is 2.12. The summed E-state index contributed by atoms with van der Waals surface area (Å²) >= 11 is 12.1. The molecule has 0 heterocycles. The SMILES string of the molecule is CNC(Cc1ccc(C)c(C)c1)c1ccc(Cl)c(Cl)c1. The molecule has 0 spiro atoms. The molecule has 1 N–H and O–H groups in total. The van der Waals surface area contributed by atoms with Crippen LogP contribution in [-0.2, 0) is 6.42 Å². The number of nitrogens with one attached hydrogen (secondary N) is 1. The maximum atomic E-state index is 6.10. The maximum Gasteiger partial charge on any atom is 0.0595 e. The van der Waals surface area contributed by atoms with Crippen LogP contribution in [0.25, 0.3) is 0 Å². The molecule has 0 fully saturated rings. The summed E-state index contributed by atoms with van der Waals surface area (Å²) in [6, 6.07) is 12.6. The summed E-state index contributed by atoms with van der Waals surface area (Å²) in [6.07, 6.45) is 0.926. The quantitative estimate of drug-likeness (QED) is 0.827. The van der Waals surface area contributed by atoms with Crippen LogP contribution in [0.1, 0.15) is 28.3 Å². The molecule has 0 aliphatic heterocycles. The largest absolute Gasteiger partial charge is 0.313 e. The lowest BCUT2D eigenvalue weighted by atomic mass is 9.96. The third-order valence-electron chi connectivity index (χ3n) is 3.71. The zero-order valence-electron chi connectivity index (χ0n) is 12.0. The molecule has 0 radical (unpaired) electrons. The Bertz CT molecular complexity index is 608. The molecule has 1 unspecified atom stereocenters. The van der Waals surface area contributed by atoms with Crippen LogP contribution in [0.2, 0.25) is 10.0 Å². The van der Waals surface area contributed by atoms with Crippen molar-refractivity contribution in [3.63, 3.8) is 0 Å². The van der Waals surface area contributed by atoms with Crippen molar-refractivity contribution < 1.29 is 0 Å².